The van der Waals surface area contributed by atoms with Crippen LogP contribution >= 0.6 is 11.6 Å². The van der Waals surface area contributed by atoms with Crippen molar-refractivity contribution in [2.24, 2.45) is 11.8 Å². The van der Waals surface area contributed by atoms with E-state index in [9.17, 15) is 4.79 Å². The van der Waals surface area contributed by atoms with Crippen LogP contribution in [0, 0.1) is 25.7 Å². The molecular weight excluding hydrogens is 402 g/mol. The lowest BCUT2D eigenvalue weighted by Crippen LogP contribution is -2.41. The highest BCUT2D eigenvalue weighted by Crippen LogP contribution is 2.39. The predicted octanol–water partition coefficient (Wildman–Crippen LogP) is 4.13. The van der Waals surface area contributed by atoms with Crippen molar-refractivity contribution < 1.29 is 9.53 Å². The monoisotopic (exact) mass is 429 g/mol. The number of nitrogen functional groups attached to an aromatic ring is 1. The van der Waals surface area contributed by atoms with Crippen molar-refractivity contribution in [3.63, 3.8) is 0 Å². The maximum atomic E-state index is 13.3. The van der Waals surface area contributed by atoms with E-state index in [2.05, 4.69) is 19.9 Å². The van der Waals surface area contributed by atoms with Gasteiger partial charge in [-0.1, -0.05) is 37.3 Å². The van der Waals surface area contributed by atoms with E-state index in [1.165, 1.54) is 25.7 Å². The Balaban J connectivity index is 1.71. The summed E-state index contributed by atoms with van der Waals surface area (Å²) in [6, 6.07) is 0. The Labute approximate surface area is 182 Å². The summed E-state index contributed by atoms with van der Waals surface area (Å²) in [4.78, 5) is 28.4. The number of nitrogens with two attached hydrogens (primary N) is 1. The first-order chi connectivity index (χ1) is 14.4. The number of ketones is 1. The molecule has 30 heavy (non-hydrogen) atoms. The van der Waals surface area contributed by atoms with Crippen molar-refractivity contribution >= 4 is 29.2 Å². The van der Waals surface area contributed by atoms with Crippen LogP contribution in [0.25, 0.3) is 0 Å². The van der Waals surface area contributed by atoms with E-state index in [1.807, 2.05) is 20.0 Å². The fraction of sp³-hybridized carbons (Fsp3) is 0.545. The van der Waals surface area contributed by atoms with Crippen molar-refractivity contribution in [3.8, 4) is 5.75 Å². The van der Waals surface area contributed by atoms with Crippen LogP contribution in [0.3, 0.4) is 0 Å². The summed E-state index contributed by atoms with van der Waals surface area (Å²) in [7, 11) is 1.67. The number of methoxy groups -OCH3 is 1. The molecule has 2 aromatic rings. The van der Waals surface area contributed by atoms with Gasteiger partial charge in [0.05, 0.1) is 24.9 Å². The number of ether oxygens (including phenoxy) is 1. The number of aryl methyl sites for hydroxylation is 1. The lowest BCUT2D eigenvalue weighted by Gasteiger charge is -2.35. The molecule has 1 saturated carbocycles. The standard InChI is InChI=1S/C22H28ClN5O2/c1-12-9-25-16(13(2)19(12)30-3)11-28-10-15(8-14-6-4-5-7-14)18(29)17-20(23)26-22(24)27-21(17)28/h9,14-15H,4-8,10-11H2,1-3H3,(H2,24,26,27). The third kappa shape index (κ3) is 3.83. The predicted molar refractivity (Wildman–Crippen MR) is 117 cm³/mol. The van der Waals surface area contributed by atoms with E-state index >= 15 is 0 Å². The van der Waals surface area contributed by atoms with Gasteiger partial charge < -0.3 is 15.4 Å². The van der Waals surface area contributed by atoms with Gasteiger partial charge in [-0.3, -0.25) is 9.78 Å². The topological polar surface area (TPSA) is 94.2 Å². The molecule has 0 spiro atoms. The normalized spacial score (nSPS) is 19.3. The fourth-order valence-electron chi connectivity index (χ4n) is 4.90. The number of fused-ring (bicyclic) bond motifs is 1. The average Bonchev–Trinajstić information content (AvgIpc) is 3.20. The van der Waals surface area contributed by atoms with Crippen LogP contribution < -0.4 is 15.4 Å². The van der Waals surface area contributed by atoms with E-state index < -0.39 is 0 Å². The Morgan fingerprint density at radius 2 is 2.00 bits per heavy atom. The van der Waals surface area contributed by atoms with E-state index in [4.69, 9.17) is 22.1 Å². The number of hydrogen-bond acceptors (Lipinski definition) is 7. The quantitative estimate of drug-likeness (QED) is 0.714. The molecule has 3 heterocycles. The first kappa shape index (κ1) is 20.8. The Bertz CT molecular complexity index is 974. The number of carbonyl (C=O) groups excluding carboxylic acids is 1. The van der Waals surface area contributed by atoms with Gasteiger partial charge in [0.15, 0.2) is 5.78 Å². The first-order valence-corrected chi connectivity index (χ1v) is 10.9. The van der Waals surface area contributed by atoms with Gasteiger partial charge in [-0.2, -0.15) is 4.98 Å². The van der Waals surface area contributed by atoms with Crippen molar-refractivity contribution in [2.75, 3.05) is 24.3 Å². The van der Waals surface area contributed by atoms with Crippen LogP contribution in [0.1, 0.15) is 59.3 Å². The number of pyridine rings is 1. The molecule has 1 atom stereocenters. The average molecular weight is 430 g/mol. The van der Waals surface area contributed by atoms with Gasteiger partial charge in [-0.05, 0) is 26.2 Å². The Kier molecular flexibility index (Phi) is 5.82. The Hall–Kier alpha value is -2.41. The van der Waals surface area contributed by atoms with Gasteiger partial charge in [0.2, 0.25) is 5.95 Å². The molecule has 160 valence electrons. The van der Waals surface area contributed by atoms with Crippen LogP contribution in [0.2, 0.25) is 5.15 Å². The largest absolute Gasteiger partial charge is 0.496 e. The molecular formula is C22H28ClN5O2. The minimum Gasteiger partial charge on any atom is -0.496 e. The molecule has 0 aromatic carbocycles. The van der Waals surface area contributed by atoms with Gasteiger partial charge in [0.25, 0.3) is 0 Å². The highest BCUT2D eigenvalue weighted by atomic mass is 35.5. The second-order valence-electron chi connectivity index (χ2n) is 8.45. The summed E-state index contributed by atoms with van der Waals surface area (Å²) in [5.74, 6) is 1.89. The summed E-state index contributed by atoms with van der Waals surface area (Å²) in [6.45, 7) is 5.05. The summed E-state index contributed by atoms with van der Waals surface area (Å²) >= 11 is 6.38. The third-order valence-corrected chi connectivity index (χ3v) is 6.68. The number of carbonyl (C=O) groups is 1. The van der Waals surface area contributed by atoms with Crippen LogP contribution in [-0.2, 0) is 6.54 Å². The maximum Gasteiger partial charge on any atom is 0.223 e. The molecule has 7 nitrogen and oxygen atoms in total. The number of hydrogen-bond donors (Lipinski definition) is 1. The zero-order chi connectivity index (χ0) is 21.4. The van der Waals surface area contributed by atoms with Crippen molar-refractivity contribution in [2.45, 2.75) is 52.5 Å². The number of Topliss-reactive ketones (excluding diaryl/α,β-unsaturated/α-hetero) is 1. The zero-order valence-electron chi connectivity index (χ0n) is 17.7. The molecule has 0 radical (unpaired) electrons. The molecule has 1 fully saturated rings. The van der Waals surface area contributed by atoms with Crippen LogP contribution in [0.5, 0.6) is 5.75 Å². The van der Waals surface area contributed by atoms with E-state index in [-0.39, 0.29) is 22.8 Å². The molecule has 2 aromatic heterocycles. The lowest BCUT2D eigenvalue weighted by atomic mass is 9.85. The van der Waals surface area contributed by atoms with E-state index in [1.54, 1.807) is 7.11 Å². The van der Waals surface area contributed by atoms with Crippen LogP contribution in [0.4, 0.5) is 11.8 Å². The molecule has 0 bridgehead atoms. The summed E-state index contributed by atoms with van der Waals surface area (Å²) < 4.78 is 5.56. The minimum atomic E-state index is -0.127. The summed E-state index contributed by atoms with van der Waals surface area (Å²) in [6.07, 6.45) is 7.57. The molecule has 1 aliphatic heterocycles. The molecule has 8 heteroatoms. The molecule has 1 aliphatic carbocycles. The number of halogens is 1. The minimum absolute atomic E-state index is 0.0318. The molecule has 1 unspecified atom stereocenters. The summed E-state index contributed by atoms with van der Waals surface area (Å²) in [5.41, 5.74) is 9.10. The van der Waals surface area contributed by atoms with Crippen molar-refractivity contribution in [1.82, 2.24) is 15.0 Å². The van der Waals surface area contributed by atoms with E-state index in [0.29, 0.717) is 30.4 Å². The zero-order valence-corrected chi connectivity index (χ0v) is 18.5. The van der Waals surface area contributed by atoms with Crippen molar-refractivity contribution in [3.05, 3.63) is 33.7 Å². The third-order valence-electron chi connectivity index (χ3n) is 6.40. The fourth-order valence-corrected chi connectivity index (χ4v) is 5.16. The number of aromatic nitrogens is 3. The summed E-state index contributed by atoms with van der Waals surface area (Å²) in [5, 5.41) is 0.134. The lowest BCUT2D eigenvalue weighted by molar-refractivity contribution is 0.0894. The van der Waals surface area contributed by atoms with Gasteiger partial charge in [0.1, 0.15) is 16.7 Å². The van der Waals surface area contributed by atoms with Gasteiger partial charge in [-0.15, -0.1) is 0 Å². The molecule has 2 aliphatic rings. The van der Waals surface area contributed by atoms with Crippen molar-refractivity contribution in [1.29, 1.82) is 0 Å². The highest BCUT2D eigenvalue weighted by Gasteiger charge is 2.37. The SMILES string of the molecule is COc1c(C)cnc(CN2CC(CC3CCCC3)C(=O)c3c(Cl)nc(N)nc32)c1C. The molecule has 4 rings (SSSR count). The van der Waals surface area contributed by atoms with Gasteiger partial charge in [-0.25, -0.2) is 4.98 Å². The van der Waals surface area contributed by atoms with E-state index in [0.717, 1.165) is 29.0 Å². The first-order valence-electron chi connectivity index (χ1n) is 10.5. The second-order valence-corrected chi connectivity index (χ2v) is 8.80. The number of anilines is 2. The van der Waals surface area contributed by atoms with Crippen LogP contribution in [0.15, 0.2) is 6.20 Å². The molecule has 0 saturated heterocycles. The smallest absolute Gasteiger partial charge is 0.223 e. The van der Waals surface area contributed by atoms with Gasteiger partial charge >= 0.3 is 0 Å². The highest BCUT2D eigenvalue weighted by molar-refractivity contribution is 6.34. The van der Waals surface area contributed by atoms with Crippen LogP contribution in [-0.4, -0.2) is 34.4 Å². The maximum absolute atomic E-state index is 13.3. The Morgan fingerprint density at radius 3 is 2.70 bits per heavy atom. The number of nitrogens with zero attached hydrogens (tertiary/aromatic N) is 4. The number of rotatable bonds is 5. The molecule has 0 amide bonds. The van der Waals surface area contributed by atoms with Gasteiger partial charge in [0, 0.05) is 29.8 Å². The second kappa shape index (κ2) is 8.38. The Morgan fingerprint density at radius 1 is 1.27 bits per heavy atom. The molecule has 2 N–H and O–H groups in total.